The van der Waals surface area contributed by atoms with E-state index in [9.17, 15) is 9.59 Å². The van der Waals surface area contributed by atoms with Crippen LogP contribution in [0.2, 0.25) is 0 Å². The normalized spacial score (nSPS) is 9.79. The zero-order valence-electron chi connectivity index (χ0n) is 7.77. The van der Waals surface area contributed by atoms with Crippen LogP contribution >= 0.6 is 11.3 Å². The molecule has 0 saturated carbocycles. The Hall–Kier alpha value is -1.36. The molecule has 0 aliphatic rings. The summed E-state index contributed by atoms with van der Waals surface area (Å²) in [7, 11) is 0. The Morgan fingerprint density at radius 2 is 2.29 bits per heavy atom. The molecule has 76 valence electrons. The molecule has 0 saturated heterocycles. The highest BCUT2D eigenvalue weighted by atomic mass is 32.1. The molecule has 0 unspecified atom stereocenters. The number of hydrogen-bond acceptors (Lipinski definition) is 3. The van der Waals surface area contributed by atoms with Crippen molar-refractivity contribution in [3.05, 3.63) is 22.4 Å². The number of nitrogens with zero attached hydrogens (tertiary/aromatic N) is 1. The number of carbonyl (C=O) groups is 2. The van der Waals surface area contributed by atoms with Crippen LogP contribution in [0.5, 0.6) is 0 Å². The van der Waals surface area contributed by atoms with Crippen molar-refractivity contribution >= 4 is 23.2 Å². The van der Waals surface area contributed by atoms with Gasteiger partial charge in [0.05, 0.1) is 6.54 Å². The number of thiophene rings is 1. The molecule has 0 aliphatic heterocycles. The lowest BCUT2D eigenvalue weighted by Crippen LogP contribution is -2.33. The summed E-state index contributed by atoms with van der Waals surface area (Å²) < 4.78 is 0. The Labute approximate surface area is 85.8 Å². The highest BCUT2D eigenvalue weighted by Gasteiger charge is 2.13. The smallest absolute Gasteiger partial charge is 0.323 e. The first-order valence-electron chi connectivity index (χ1n) is 4.09. The van der Waals surface area contributed by atoms with Crippen LogP contribution in [-0.2, 0) is 16.1 Å². The lowest BCUT2D eigenvalue weighted by molar-refractivity contribution is -0.144. The molecule has 0 spiro atoms. The van der Waals surface area contributed by atoms with E-state index in [1.807, 2.05) is 17.5 Å². The van der Waals surface area contributed by atoms with E-state index in [-0.39, 0.29) is 12.5 Å². The van der Waals surface area contributed by atoms with Gasteiger partial charge in [-0.25, -0.2) is 0 Å². The first-order chi connectivity index (χ1) is 6.59. The molecule has 1 aromatic rings. The van der Waals surface area contributed by atoms with Crippen LogP contribution in [-0.4, -0.2) is 28.4 Å². The predicted octanol–water partition coefficient (Wildman–Crippen LogP) is 1.18. The van der Waals surface area contributed by atoms with Gasteiger partial charge in [0.15, 0.2) is 0 Å². The van der Waals surface area contributed by atoms with E-state index in [2.05, 4.69) is 0 Å². The van der Waals surface area contributed by atoms with Gasteiger partial charge in [0.25, 0.3) is 0 Å². The highest BCUT2D eigenvalue weighted by molar-refractivity contribution is 7.09. The average molecular weight is 213 g/mol. The Morgan fingerprint density at radius 1 is 1.57 bits per heavy atom. The molecule has 0 bridgehead atoms. The van der Waals surface area contributed by atoms with E-state index in [0.717, 1.165) is 4.88 Å². The molecule has 0 radical (unpaired) electrons. The van der Waals surface area contributed by atoms with Gasteiger partial charge < -0.3 is 10.0 Å². The molecule has 4 nitrogen and oxygen atoms in total. The SMILES string of the molecule is CC(=O)N(CC(=O)O)Cc1cccs1. The Balaban J connectivity index is 2.60. The summed E-state index contributed by atoms with van der Waals surface area (Å²) >= 11 is 1.51. The topological polar surface area (TPSA) is 57.6 Å². The molecule has 0 fully saturated rings. The van der Waals surface area contributed by atoms with Crippen LogP contribution in [0.3, 0.4) is 0 Å². The molecule has 1 N–H and O–H groups in total. The number of carboxylic acid groups (broad SMARTS) is 1. The van der Waals surface area contributed by atoms with Crippen LogP contribution < -0.4 is 0 Å². The summed E-state index contributed by atoms with van der Waals surface area (Å²) in [6.07, 6.45) is 0. The standard InChI is InChI=1S/C9H11NO3S/c1-7(11)10(6-9(12)13)5-8-3-2-4-14-8/h2-4H,5-6H2,1H3,(H,12,13). The number of rotatable bonds is 4. The van der Waals surface area contributed by atoms with Crippen molar-refractivity contribution in [2.45, 2.75) is 13.5 Å². The molecule has 0 aliphatic carbocycles. The van der Waals surface area contributed by atoms with Gasteiger partial charge >= 0.3 is 5.97 Å². The maximum atomic E-state index is 11.1. The predicted molar refractivity (Wildman–Crippen MR) is 53.0 cm³/mol. The van der Waals surface area contributed by atoms with Gasteiger partial charge in [-0.3, -0.25) is 9.59 Å². The monoisotopic (exact) mass is 213 g/mol. The van der Waals surface area contributed by atoms with Crippen LogP contribution in [0.15, 0.2) is 17.5 Å². The van der Waals surface area contributed by atoms with E-state index < -0.39 is 5.97 Å². The molecule has 5 heteroatoms. The van der Waals surface area contributed by atoms with E-state index in [0.29, 0.717) is 6.54 Å². The summed E-state index contributed by atoms with van der Waals surface area (Å²) in [5, 5.41) is 10.5. The van der Waals surface area contributed by atoms with Crippen LogP contribution in [0.1, 0.15) is 11.8 Å². The van der Waals surface area contributed by atoms with Gasteiger partial charge in [0.2, 0.25) is 5.91 Å². The van der Waals surface area contributed by atoms with Crippen molar-refractivity contribution in [2.24, 2.45) is 0 Å². The van der Waals surface area contributed by atoms with Crippen LogP contribution in [0.25, 0.3) is 0 Å². The maximum absolute atomic E-state index is 11.1. The lowest BCUT2D eigenvalue weighted by Gasteiger charge is -2.17. The minimum atomic E-state index is -0.989. The van der Waals surface area contributed by atoms with Crippen molar-refractivity contribution < 1.29 is 14.7 Å². The van der Waals surface area contributed by atoms with Crippen LogP contribution in [0, 0.1) is 0 Å². The van der Waals surface area contributed by atoms with E-state index in [4.69, 9.17) is 5.11 Å². The molecule has 1 rings (SSSR count). The first-order valence-corrected chi connectivity index (χ1v) is 4.97. The number of hydrogen-bond donors (Lipinski definition) is 1. The van der Waals surface area contributed by atoms with Gasteiger partial charge in [-0.1, -0.05) is 6.07 Å². The Kier molecular flexibility index (Phi) is 3.64. The van der Waals surface area contributed by atoms with Crippen LogP contribution in [0.4, 0.5) is 0 Å². The van der Waals surface area contributed by atoms with Crippen molar-refractivity contribution in [3.8, 4) is 0 Å². The summed E-state index contributed by atoms with van der Waals surface area (Å²) in [5.41, 5.74) is 0. The second kappa shape index (κ2) is 4.76. The second-order valence-corrected chi connectivity index (χ2v) is 3.88. The molecular formula is C9H11NO3S. The minimum Gasteiger partial charge on any atom is -0.480 e. The summed E-state index contributed by atoms with van der Waals surface area (Å²) in [6.45, 7) is 1.50. The lowest BCUT2D eigenvalue weighted by atomic mass is 10.4. The summed E-state index contributed by atoms with van der Waals surface area (Å²) in [6, 6.07) is 3.75. The largest absolute Gasteiger partial charge is 0.480 e. The fourth-order valence-electron chi connectivity index (χ4n) is 1.03. The zero-order valence-corrected chi connectivity index (χ0v) is 8.58. The highest BCUT2D eigenvalue weighted by Crippen LogP contribution is 2.11. The average Bonchev–Trinajstić information content (AvgIpc) is 2.54. The fourth-order valence-corrected chi connectivity index (χ4v) is 1.75. The van der Waals surface area contributed by atoms with Crippen molar-refractivity contribution in [1.82, 2.24) is 4.90 Å². The quantitative estimate of drug-likeness (QED) is 0.817. The molecule has 14 heavy (non-hydrogen) atoms. The Morgan fingerprint density at radius 3 is 2.71 bits per heavy atom. The van der Waals surface area contributed by atoms with Gasteiger partial charge in [0.1, 0.15) is 6.54 Å². The number of amides is 1. The Bertz CT molecular complexity index is 321. The molecule has 0 aromatic carbocycles. The van der Waals surface area contributed by atoms with Crippen molar-refractivity contribution in [1.29, 1.82) is 0 Å². The molecule has 0 atom stereocenters. The van der Waals surface area contributed by atoms with Gasteiger partial charge in [-0.2, -0.15) is 0 Å². The van der Waals surface area contributed by atoms with E-state index in [1.54, 1.807) is 0 Å². The molecular weight excluding hydrogens is 202 g/mol. The molecule has 1 aromatic heterocycles. The van der Waals surface area contributed by atoms with Gasteiger partial charge in [-0.15, -0.1) is 11.3 Å². The minimum absolute atomic E-state index is 0.221. The van der Waals surface area contributed by atoms with E-state index in [1.165, 1.54) is 23.2 Å². The van der Waals surface area contributed by atoms with Gasteiger partial charge in [-0.05, 0) is 11.4 Å². The number of carboxylic acids is 1. The third kappa shape index (κ3) is 3.18. The summed E-state index contributed by atoms with van der Waals surface area (Å²) in [4.78, 5) is 23.8. The molecule has 1 amide bonds. The third-order valence-electron chi connectivity index (χ3n) is 1.70. The maximum Gasteiger partial charge on any atom is 0.323 e. The van der Waals surface area contributed by atoms with Gasteiger partial charge in [0, 0.05) is 11.8 Å². The number of aliphatic carboxylic acids is 1. The van der Waals surface area contributed by atoms with E-state index >= 15 is 0 Å². The second-order valence-electron chi connectivity index (χ2n) is 2.85. The fraction of sp³-hybridized carbons (Fsp3) is 0.333. The van der Waals surface area contributed by atoms with Crippen molar-refractivity contribution in [2.75, 3.05) is 6.54 Å². The van der Waals surface area contributed by atoms with Crippen molar-refractivity contribution in [3.63, 3.8) is 0 Å². The molecule has 1 heterocycles. The first kappa shape index (κ1) is 10.7. The third-order valence-corrected chi connectivity index (χ3v) is 2.56. The summed E-state index contributed by atoms with van der Waals surface area (Å²) in [5.74, 6) is -1.21. The number of carbonyl (C=O) groups excluding carboxylic acids is 1. The zero-order chi connectivity index (χ0) is 10.6.